The molecule has 0 aliphatic carbocycles. The predicted molar refractivity (Wildman–Crippen MR) is 66.2 cm³/mol. The largest absolute Gasteiger partial charge is 0.478 e. The molecule has 0 spiro atoms. The smallest absolute Gasteiger partial charge is 0.337 e. The van der Waals surface area contributed by atoms with E-state index < -0.39 is 5.97 Å². The molecule has 0 unspecified atom stereocenters. The van der Waals surface area contributed by atoms with Gasteiger partial charge in [0.25, 0.3) is 5.91 Å². The summed E-state index contributed by atoms with van der Waals surface area (Å²) < 4.78 is 0. The first-order valence-electron chi connectivity index (χ1n) is 5.18. The number of amides is 1. The van der Waals surface area contributed by atoms with Crippen LogP contribution in [0, 0.1) is 0 Å². The van der Waals surface area contributed by atoms with Gasteiger partial charge < -0.3 is 10.0 Å². The Morgan fingerprint density at radius 3 is 2.35 bits per heavy atom. The molecule has 1 rings (SSSR count). The molecule has 90 valence electrons. The lowest BCUT2D eigenvalue weighted by Crippen LogP contribution is -2.26. The number of carbonyl (C=O) groups is 2. The molecule has 0 atom stereocenters. The SMILES string of the molecule is CC(C)=CC(=O)N(C)c1ccccc1C(=O)O. The molecular formula is C13H15NO3. The number of carboxylic acids is 1. The van der Waals surface area contributed by atoms with Crippen LogP contribution in [-0.2, 0) is 4.79 Å². The summed E-state index contributed by atoms with van der Waals surface area (Å²) in [6.45, 7) is 3.63. The lowest BCUT2D eigenvalue weighted by Gasteiger charge is -2.17. The standard InChI is InChI=1S/C13H15NO3/c1-9(2)8-12(15)14(3)11-7-5-4-6-10(11)13(16)17/h4-8H,1-3H3,(H,16,17). The predicted octanol–water partition coefficient (Wildman–Crippen LogP) is 2.31. The van der Waals surface area contributed by atoms with Gasteiger partial charge in [-0.2, -0.15) is 0 Å². The van der Waals surface area contributed by atoms with Gasteiger partial charge >= 0.3 is 5.97 Å². The molecule has 0 saturated heterocycles. The lowest BCUT2D eigenvalue weighted by atomic mass is 10.1. The molecule has 17 heavy (non-hydrogen) atoms. The third-order valence-corrected chi connectivity index (χ3v) is 2.24. The van der Waals surface area contributed by atoms with Crippen LogP contribution in [0.25, 0.3) is 0 Å². The Kier molecular flexibility index (Phi) is 4.04. The number of rotatable bonds is 3. The molecule has 0 saturated carbocycles. The van der Waals surface area contributed by atoms with Crippen molar-refractivity contribution < 1.29 is 14.7 Å². The zero-order valence-electron chi connectivity index (χ0n) is 10.1. The highest BCUT2D eigenvalue weighted by molar-refractivity contribution is 6.05. The van der Waals surface area contributed by atoms with Crippen molar-refractivity contribution in [2.75, 3.05) is 11.9 Å². The summed E-state index contributed by atoms with van der Waals surface area (Å²) in [4.78, 5) is 24.1. The summed E-state index contributed by atoms with van der Waals surface area (Å²) in [7, 11) is 1.56. The van der Waals surface area contributed by atoms with E-state index in [0.29, 0.717) is 5.69 Å². The summed E-state index contributed by atoms with van der Waals surface area (Å²) in [5.41, 5.74) is 1.38. The highest BCUT2D eigenvalue weighted by atomic mass is 16.4. The van der Waals surface area contributed by atoms with Gasteiger partial charge in [-0.15, -0.1) is 0 Å². The van der Waals surface area contributed by atoms with Gasteiger partial charge in [-0.3, -0.25) is 4.79 Å². The second-order valence-corrected chi connectivity index (χ2v) is 3.94. The van der Waals surface area contributed by atoms with Gasteiger partial charge in [-0.1, -0.05) is 17.7 Å². The number of likely N-dealkylation sites (N-methyl/N-ethyl adjacent to an activating group) is 1. The molecule has 0 heterocycles. The Hall–Kier alpha value is -2.10. The Morgan fingerprint density at radius 1 is 1.24 bits per heavy atom. The molecular weight excluding hydrogens is 218 g/mol. The van der Waals surface area contributed by atoms with Crippen molar-refractivity contribution in [2.24, 2.45) is 0 Å². The number of para-hydroxylation sites is 1. The summed E-state index contributed by atoms with van der Waals surface area (Å²) in [6, 6.07) is 6.42. The summed E-state index contributed by atoms with van der Waals surface area (Å²) in [5, 5.41) is 9.02. The molecule has 0 radical (unpaired) electrons. The number of hydrogen-bond acceptors (Lipinski definition) is 2. The Bertz CT molecular complexity index is 473. The molecule has 0 aliphatic rings. The minimum absolute atomic E-state index is 0.116. The minimum Gasteiger partial charge on any atom is -0.478 e. The topological polar surface area (TPSA) is 57.6 Å². The monoisotopic (exact) mass is 233 g/mol. The van der Waals surface area contributed by atoms with E-state index in [1.54, 1.807) is 25.2 Å². The van der Waals surface area contributed by atoms with Gasteiger partial charge in [0.05, 0.1) is 11.3 Å². The van der Waals surface area contributed by atoms with E-state index >= 15 is 0 Å². The van der Waals surface area contributed by atoms with Crippen molar-refractivity contribution in [3.8, 4) is 0 Å². The fourth-order valence-corrected chi connectivity index (χ4v) is 1.41. The zero-order chi connectivity index (χ0) is 13.0. The molecule has 0 bridgehead atoms. The van der Waals surface area contributed by atoms with Crippen molar-refractivity contribution >= 4 is 17.6 Å². The third-order valence-electron chi connectivity index (χ3n) is 2.24. The number of benzene rings is 1. The first kappa shape index (κ1) is 13.0. The fraction of sp³-hybridized carbons (Fsp3) is 0.231. The molecule has 4 nitrogen and oxygen atoms in total. The first-order chi connectivity index (χ1) is 7.93. The molecule has 0 fully saturated rings. The molecule has 4 heteroatoms. The normalized spacial score (nSPS) is 9.59. The van der Waals surface area contributed by atoms with E-state index in [9.17, 15) is 9.59 Å². The number of carbonyl (C=O) groups excluding carboxylic acids is 1. The van der Waals surface area contributed by atoms with E-state index in [1.165, 1.54) is 17.0 Å². The maximum atomic E-state index is 11.8. The van der Waals surface area contributed by atoms with Crippen LogP contribution in [-0.4, -0.2) is 24.0 Å². The van der Waals surface area contributed by atoms with Crippen LogP contribution in [0.15, 0.2) is 35.9 Å². The second kappa shape index (κ2) is 5.30. The van der Waals surface area contributed by atoms with Crippen LogP contribution in [0.4, 0.5) is 5.69 Å². The van der Waals surface area contributed by atoms with Gasteiger partial charge in [-0.25, -0.2) is 4.79 Å². The number of hydrogen-bond donors (Lipinski definition) is 1. The zero-order valence-corrected chi connectivity index (χ0v) is 10.1. The molecule has 1 amide bonds. The number of nitrogens with zero attached hydrogens (tertiary/aromatic N) is 1. The van der Waals surface area contributed by atoms with Crippen LogP contribution in [0.5, 0.6) is 0 Å². The van der Waals surface area contributed by atoms with Crippen LogP contribution in [0.1, 0.15) is 24.2 Å². The lowest BCUT2D eigenvalue weighted by molar-refractivity contribution is -0.113. The molecule has 0 aromatic heterocycles. The minimum atomic E-state index is -1.04. The molecule has 1 aromatic carbocycles. The number of carboxylic acid groups (broad SMARTS) is 1. The van der Waals surface area contributed by atoms with E-state index in [1.807, 2.05) is 13.8 Å². The number of allylic oxidation sites excluding steroid dienone is 1. The summed E-state index contributed by atoms with van der Waals surface area (Å²) in [5.74, 6) is -1.28. The maximum Gasteiger partial charge on any atom is 0.337 e. The summed E-state index contributed by atoms with van der Waals surface area (Å²) >= 11 is 0. The maximum absolute atomic E-state index is 11.8. The van der Waals surface area contributed by atoms with E-state index in [2.05, 4.69) is 0 Å². The van der Waals surface area contributed by atoms with Gasteiger partial charge in [0.15, 0.2) is 0 Å². The Labute approximate surface area is 100 Å². The van der Waals surface area contributed by atoms with Crippen LogP contribution >= 0.6 is 0 Å². The first-order valence-corrected chi connectivity index (χ1v) is 5.18. The van der Waals surface area contributed by atoms with Gasteiger partial charge in [0, 0.05) is 13.1 Å². The van der Waals surface area contributed by atoms with Gasteiger partial charge in [-0.05, 0) is 26.0 Å². The average Bonchev–Trinajstić information content (AvgIpc) is 2.27. The molecule has 0 aliphatic heterocycles. The van der Waals surface area contributed by atoms with Crippen molar-refractivity contribution in [1.82, 2.24) is 0 Å². The highest BCUT2D eigenvalue weighted by Gasteiger charge is 2.15. The Balaban J connectivity index is 3.12. The van der Waals surface area contributed by atoms with E-state index in [-0.39, 0.29) is 11.5 Å². The fourth-order valence-electron chi connectivity index (χ4n) is 1.41. The molecule has 1 N–H and O–H groups in total. The van der Waals surface area contributed by atoms with Crippen molar-refractivity contribution in [3.63, 3.8) is 0 Å². The number of anilines is 1. The van der Waals surface area contributed by atoms with Crippen molar-refractivity contribution in [3.05, 3.63) is 41.5 Å². The quantitative estimate of drug-likeness (QED) is 0.815. The molecule has 1 aromatic rings. The second-order valence-electron chi connectivity index (χ2n) is 3.94. The highest BCUT2D eigenvalue weighted by Crippen LogP contribution is 2.19. The van der Waals surface area contributed by atoms with Crippen LogP contribution in [0.3, 0.4) is 0 Å². The van der Waals surface area contributed by atoms with E-state index in [4.69, 9.17) is 5.11 Å². The summed E-state index contributed by atoms with van der Waals surface area (Å²) in [6.07, 6.45) is 1.47. The Morgan fingerprint density at radius 2 is 1.82 bits per heavy atom. The van der Waals surface area contributed by atoms with Gasteiger partial charge in [0.1, 0.15) is 0 Å². The van der Waals surface area contributed by atoms with Crippen molar-refractivity contribution in [1.29, 1.82) is 0 Å². The third kappa shape index (κ3) is 3.17. The van der Waals surface area contributed by atoms with Crippen LogP contribution in [0.2, 0.25) is 0 Å². The van der Waals surface area contributed by atoms with E-state index in [0.717, 1.165) is 5.57 Å². The van der Waals surface area contributed by atoms with Crippen molar-refractivity contribution in [2.45, 2.75) is 13.8 Å². The average molecular weight is 233 g/mol. The number of aromatic carboxylic acids is 1. The van der Waals surface area contributed by atoms with Crippen LogP contribution < -0.4 is 4.90 Å². The van der Waals surface area contributed by atoms with Gasteiger partial charge in [0.2, 0.25) is 0 Å².